The van der Waals surface area contributed by atoms with Gasteiger partial charge < -0.3 is 0 Å². The van der Waals surface area contributed by atoms with Crippen LogP contribution in [0.2, 0.25) is 0 Å². The fourth-order valence-electron chi connectivity index (χ4n) is 2.60. The van der Waals surface area contributed by atoms with Gasteiger partial charge in [-0.05, 0) is 19.4 Å². The van der Waals surface area contributed by atoms with Gasteiger partial charge in [0, 0.05) is 29.0 Å². The van der Waals surface area contributed by atoms with Crippen LogP contribution in [0.1, 0.15) is 23.7 Å². The van der Waals surface area contributed by atoms with Crippen molar-refractivity contribution in [3.8, 4) is 11.4 Å². The molecule has 2 aromatic carbocycles. The molecule has 0 unspecified atom stereocenters. The van der Waals surface area contributed by atoms with E-state index in [0.717, 1.165) is 39.9 Å². The molecule has 2 nitrogen and oxygen atoms in total. The normalized spacial score (nSPS) is 10.6. The highest BCUT2D eigenvalue weighted by Crippen LogP contribution is 2.29. The van der Waals surface area contributed by atoms with Crippen molar-refractivity contribution in [1.82, 2.24) is 9.97 Å². The van der Waals surface area contributed by atoms with Gasteiger partial charge in [0.05, 0.1) is 0 Å². The number of nitrogens with zero attached hydrogens (tertiary/aromatic N) is 2. The van der Waals surface area contributed by atoms with Gasteiger partial charge in [-0.2, -0.15) is 0 Å². The monoisotopic (exact) mass is 346 g/mol. The van der Waals surface area contributed by atoms with Gasteiger partial charge in [0.25, 0.3) is 0 Å². The van der Waals surface area contributed by atoms with Crippen molar-refractivity contribution < 1.29 is 0 Å². The Balaban J connectivity index is 2.01. The maximum Gasteiger partial charge on any atom is 0.160 e. The maximum atomic E-state index is 4.88. The number of hydrogen-bond donors (Lipinski definition) is 0. The highest BCUT2D eigenvalue weighted by atomic mass is 32.2. The fraction of sp³-hybridized carbons (Fsp3) is 0.182. The Morgan fingerprint density at radius 2 is 1.60 bits per heavy atom. The Kier molecular flexibility index (Phi) is 5.67. The molecule has 1 heterocycles. The van der Waals surface area contributed by atoms with Gasteiger partial charge in [0.1, 0.15) is 5.03 Å². The van der Waals surface area contributed by atoms with E-state index < -0.39 is 0 Å². The molecule has 0 spiro atoms. The zero-order valence-corrected chi connectivity index (χ0v) is 15.5. The summed E-state index contributed by atoms with van der Waals surface area (Å²) in [6.45, 7) is 8.15. The topological polar surface area (TPSA) is 25.8 Å². The summed E-state index contributed by atoms with van der Waals surface area (Å²) in [6, 6.07) is 20.7. The van der Waals surface area contributed by atoms with Crippen LogP contribution >= 0.6 is 11.8 Å². The van der Waals surface area contributed by atoms with Crippen LogP contribution in [0.25, 0.3) is 11.4 Å². The first-order valence-corrected chi connectivity index (χ1v) is 9.36. The zero-order valence-electron chi connectivity index (χ0n) is 14.7. The first kappa shape index (κ1) is 17.4. The molecule has 1 aromatic heterocycles. The third-order valence-electron chi connectivity index (χ3n) is 3.89. The van der Waals surface area contributed by atoms with E-state index in [-0.39, 0.29) is 0 Å². The number of thioether (sulfide) groups is 1. The lowest BCUT2D eigenvalue weighted by Crippen LogP contribution is -2.03. The lowest BCUT2D eigenvalue weighted by Gasteiger charge is -2.13. The number of aryl methyl sites for hydroxylation is 1. The minimum atomic E-state index is 0.791. The summed E-state index contributed by atoms with van der Waals surface area (Å²) in [7, 11) is 0. The summed E-state index contributed by atoms with van der Waals surface area (Å²) < 4.78 is 0. The summed E-state index contributed by atoms with van der Waals surface area (Å²) in [5, 5.41) is 1.05. The molecule has 126 valence electrons. The smallest absolute Gasteiger partial charge is 0.160 e. The van der Waals surface area contributed by atoms with Gasteiger partial charge in [0.2, 0.25) is 0 Å². The van der Waals surface area contributed by atoms with E-state index in [1.165, 1.54) is 11.1 Å². The van der Waals surface area contributed by atoms with Gasteiger partial charge in [-0.1, -0.05) is 72.8 Å². The van der Waals surface area contributed by atoms with Crippen LogP contribution in [-0.2, 0) is 6.42 Å². The lowest BCUT2D eigenvalue weighted by atomic mass is 10.1. The van der Waals surface area contributed by atoms with Crippen molar-refractivity contribution in [2.24, 2.45) is 0 Å². The minimum absolute atomic E-state index is 0.791. The number of rotatable bonds is 6. The van der Waals surface area contributed by atoms with E-state index >= 15 is 0 Å². The van der Waals surface area contributed by atoms with Crippen molar-refractivity contribution >= 4 is 11.8 Å². The summed E-state index contributed by atoms with van der Waals surface area (Å²) in [6.07, 6.45) is 0.847. The second-order valence-corrected chi connectivity index (χ2v) is 7.15. The predicted octanol–water partition coefficient (Wildman–Crippen LogP) is 5.71. The standard InChI is InChI=1S/C22H22N2S/c1-16(2)15-25-22-20(14-18-10-6-4-7-11-18)17(3)23-21(24-22)19-12-8-5-9-13-19/h4-13H,1,14-15H2,2-3H3. The molecule has 0 atom stereocenters. The summed E-state index contributed by atoms with van der Waals surface area (Å²) >= 11 is 1.75. The average Bonchev–Trinajstić information content (AvgIpc) is 2.63. The van der Waals surface area contributed by atoms with Crippen molar-refractivity contribution in [2.75, 3.05) is 5.75 Å². The second-order valence-electron chi connectivity index (χ2n) is 6.19. The Bertz CT molecular complexity index is 858. The van der Waals surface area contributed by atoms with Gasteiger partial charge >= 0.3 is 0 Å². The maximum absolute atomic E-state index is 4.88. The van der Waals surface area contributed by atoms with Crippen LogP contribution in [0.3, 0.4) is 0 Å². The molecular formula is C22H22N2S. The van der Waals surface area contributed by atoms with E-state index in [4.69, 9.17) is 9.97 Å². The van der Waals surface area contributed by atoms with Gasteiger partial charge in [-0.15, -0.1) is 11.8 Å². The minimum Gasteiger partial charge on any atom is -0.233 e. The van der Waals surface area contributed by atoms with Crippen LogP contribution in [0.15, 0.2) is 77.8 Å². The molecule has 0 aliphatic rings. The van der Waals surface area contributed by atoms with Gasteiger partial charge in [0.15, 0.2) is 5.82 Å². The Labute approximate surface area is 154 Å². The molecule has 0 saturated carbocycles. The van der Waals surface area contributed by atoms with Crippen molar-refractivity contribution in [3.05, 3.63) is 89.6 Å². The molecule has 0 radical (unpaired) electrons. The fourth-order valence-corrected chi connectivity index (χ4v) is 3.53. The summed E-state index contributed by atoms with van der Waals surface area (Å²) in [5.41, 5.74) is 5.72. The number of aromatic nitrogens is 2. The van der Waals surface area contributed by atoms with Crippen molar-refractivity contribution in [2.45, 2.75) is 25.3 Å². The first-order valence-electron chi connectivity index (χ1n) is 8.37. The van der Waals surface area contributed by atoms with Crippen LogP contribution < -0.4 is 0 Å². The number of benzene rings is 2. The highest BCUT2D eigenvalue weighted by Gasteiger charge is 2.14. The Hall–Kier alpha value is -2.39. The quantitative estimate of drug-likeness (QED) is 0.325. The Morgan fingerprint density at radius 3 is 2.24 bits per heavy atom. The van der Waals surface area contributed by atoms with Gasteiger partial charge in [-0.25, -0.2) is 9.97 Å². The largest absolute Gasteiger partial charge is 0.233 e. The van der Waals surface area contributed by atoms with E-state index in [1.807, 2.05) is 24.3 Å². The Morgan fingerprint density at radius 1 is 0.960 bits per heavy atom. The van der Waals surface area contributed by atoms with Gasteiger partial charge in [-0.3, -0.25) is 0 Å². The SMILES string of the molecule is C=C(C)CSc1nc(-c2ccccc2)nc(C)c1Cc1ccccc1. The predicted molar refractivity (Wildman–Crippen MR) is 107 cm³/mol. The molecule has 25 heavy (non-hydrogen) atoms. The molecule has 0 amide bonds. The second kappa shape index (κ2) is 8.13. The molecule has 3 rings (SSSR count). The molecule has 3 aromatic rings. The zero-order chi connectivity index (χ0) is 17.6. The van der Waals surface area contributed by atoms with Crippen LogP contribution in [0.4, 0.5) is 0 Å². The van der Waals surface area contributed by atoms with E-state index in [1.54, 1.807) is 11.8 Å². The third kappa shape index (κ3) is 4.58. The molecule has 0 N–H and O–H groups in total. The van der Waals surface area contributed by atoms with Crippen molar-refractivity contribution in [3.63, 3.8) is 0 Å². The van der Waals surface area contributed by atoms with E-state index in [9.17, 15) is 0 Å². The molecule has 0 fully saturated rings. The van der Waals surface area contributed by atoms with Crippen LogP contribution in [0.5, 0.6) is 0 Å². The third-order valence-corrected chi connectivity index (χ3v) is 5.14. The molecule has 0 aliphatic carbocycles. The molecule has 0 aliphatic heterocycles. The van der Waals surface area contributed by atoms with E-state index in [0.29, 0.717) is 0 Å². The van der Waals surface area contributed by atoms with Crippen LogP contribution in [-0.4, -0.2) is 15.7 Å². The molecule has 0 saturated heterocycles. The lowest BCUT2D eigenvalue weighted by molar-refractivity contribution is 0.933. The molecule has 3 heteroatoms. The van der Waals surface area contributed by atoms with Crippen molar-refractivity contribution in [1.29, 1.82) is 0 Å². The average molecular weight is 346 g/mol. The van der Waals surface area contributed by atoms with E-state index in [2.05, 4.69) is 56.8 Å². The first-order chi connectivity index (χ1) is 12.1. The molecular weight excluding hydrogens is 324 g/mol. The highest BCUT2D eigenvalue weighted by molar-refractivity contribution is 7.99. The number of hydrogen-bond acceptors (Lipinski definition) is 3. The van der Waals surface area contributed by atoms with Crippen LogP contribution in [0, 0.1) is 6.92 Å². The molecule has 0 bridgehead atoms. The summed E-state index contributed by atoms with van der Waals surface area (Å²) in [5.74, 6) is 1.66. The summed E-state index contributed by atoms with van der Waals surface area (Å²) in [4.78, 5) is 9.66.